The van der Waals surface area contributed by atoms with E-state index in [1.807, 2.05) is 106 Å². The highest BCUT2D eigenvalue weighted by Gasteiger charge is 2.33. The molecule has 1 atom stereocenters. The van der Waals surface area contributed by atoms with E-state index in [9.17, 15) is 18.0 Å². The summed E-state index contributed by atoms with van der Waals surface area (Å²) in [7, 11) is -3.88. The van der Waals surface area contributed by atoms with Crippen molar-refractivity contribution in [2.75, 3.05) is 23.7 Å². The summed E-state index contributed by atoms with van der Waals surface area (Å²) in [6, 6.07) is 32.1. The van der Waals surface area contributed by atoms with Crippen LogP contribution in [0.2, 0.25) is 0 Å². The molecule has 0 saturated heterocycles. The van der Waals surface area contributed by atoms with Gasteiger partial charge in [-0.1, -0.05) is 86.6 Å². The predicted molar refractivity (Wildman–Crippen MR) is 179 cm³/mol. The maximum absolute atomic E-state index is 14.3. The monoisotopic (exact) mass is 627 g/mol. The number of anilines is 1. The van der Waals surface area contributed by atoms with Crippen LogP contribution in [0.25, 0.3) is 0 Å². The normalized spacial score (nSPS) is 11.9. The summed E-state index contributed by atoms with van der Waals surface area (Å²) >= 11 is 0. The number of hydrogen-bond donors (Lipinski definition) is 1. The molecule has 0 fully saturated rings. The lowest BCUT2D eigenvalue weighted by molar-refractivity contribution is -0.140. The van der Waals surface area contributed by atoms with Gasteiger partial charge in [0.15, 0.2) is 0 Å². The number of nitrogens with zero attached hydrogens (tertiary/aromatic N) is 2. The van der Waals surface area contributed by atoms with Crippen molar-refractivity contribution in [3.05, 3.63) is 126 Å². The third kappa shape index (κ3) is 9.68. The molecule has 2 amide bonds. The summed E-state index contributed by atoms with van der Waals surface area (Å²) in [4.78, 5) is 29.6. The molecule has 1 N–H and O–H groups in total. The van der Waals surface area contributed by atoms with E-state index in [0.717, 1.165) is 27.3 Å². The molecule has 0 spiro atoms. The molecule has 4 aromatic rings. The number of carbonyl (C=O) groups is 2. The largest absolute Gasteiger partial charge is 0.457 e. The third-order valence-electron chi connectivity index (χ3n) is 7.34. The lowest BCUT2D eigenvalue weighted by atomic mass is 10.0. The third-order valence-corrected chi connectivity index (χ3v) is 8.48. The predicted octanol–water partition coefficient (Wildman–Crippen LogP) is 5.97. The SMILES string of the molecule is Cc1ccccc1CN(C(=O)CN(c1ccc(Oc2ccccc2)cc1)S(C)(=O)=O)[C@@H](Cc1ccccc1)C(=O)NCC(C)C. The van der Waals surface area contributed by atoms with Crippen molar-refractivity contribution in [1.82, 2.24) is 10.2 Å². The summed E-state index contributed by atoms with van der Waals surface area (Å²) in [5, 5.41) is 3.00. The smallest absolute Gasteiger partial charge is 0.244 e. The minimum atomic E-state index is -3.88. The van der Waals surface area contributed by atoms with E-state index in [0.29, 0.717) is 23.7 Å². The number of rotatable bonds is 14. The number of benzene rings is 4. The zero-order chi connectivity index (χ0) is 32.4. The minimum absolute atomic E-state index is 0.138. The lowest BCUT2D eigenvalue weighted by Gasteiger charge is -2.34. The topological polar surface area (TPSA) is 96.0 Å². The zero-order valence-electron chi connectivity index (χ0n) is 26.2. The Kier molecular flexibility index (Phi) is 11.4. The Morgan fingerprint density at radius 1 is 0.800 bits per heavy atom. The summed E-state index contributed by atoms with van der Waals surface area (Å²) < 4.78 is 33.1. The average molecular weight is 628 g/mol. The summed E-state index contributed by atoms with van der Waals surface area (Å²) in [6.45, 7) is 6.06. The van der Waals surface area contributed by atoms with Gasteiger partial charge >= 0.3 is 0 Å². The Hall–Kier alpha value is -4.63. The Labute approximate surface area is 266 Å². The van der Waals surface area contributed by atoms with E-state index < -0.39 is 28.5 Å². The number of hydrogen-bond acceptors (Lipinski definition) is 5. The van der Waals surface area contributed by atoms with E-state index in [4.69, 9.17) is 4.74 Å². The van der Waals surface area contributed by atoms with E-state index >= 15 is 0 Å². The van der Waals surface area contributed by atoms with Crippen molar-refractivity contribution in [2.24, 2.45) is 5.92 Å². The molecule has 45 heavy (non-hydrogen) atoms. The fourth-order valence-corrected chi connectivity index (χ4v) is 5.72. The van der Waals surface area contributed by atoms with Crippen LogP contribution in [0.1, 0.15) is 30.5 Å². The molecule has 0 bridgehead atoms. The highest BCUT2D eigenvalue weighted by molar-refractivity contribution is 7.92. The fourth-order valence-electron chi connectivity index (χ4n) is 4.87. The van der Waals surface area contributed by atoms with Gasteiger partial charge in [-0.15, -0.1) is 0 Å². The molecular weight excluding hydrogens is 586 g/mol. The second-order valence-corrected chi connectivity index (χ2v) is 13.4. The minimum Gasteiger partial charge on any atom is -0.457 e. The van der Waals surface area contributed by atoms with Crippen molar-refractivity contribution in [2.45, 2.75) is 39.8 Å². The van der Waals surface area contributed by atoms with Crippen LogP contribution in [-0.4, -0.2) is 50.5 Å². The molecule has 236 valence electrons. The van der Waals surface area contributed by atoms with Crippen LogP contribution >= 0.6 is 0 Å². The molecule has 0 unspecified atom stereocenters. The Morgan fingerprint density at radius 3 is 1.98 bits per heavy atom. The molecule has 8 nitrogen and oxygen atoms in total. The van der Waals surface area contributed by atoms with Crippen LogP contribution in [0.3, 0.4) is 0 Å². The lowest BCUT2D eigenvalue weighted by Crippen LogP contribution is -2.53. The molecule has 0 aliphatic carbocycles. The van der Waals surface area contributed by atoms with Crippen molar-refractivity contribution in [3.8, 4) is 11.5 Å². The molecule has 0 aliphatic heterocycles. The number of aryl methyl sites for hydroxylation is 1. The first-order valence-corrected chi connectivity index (χ1v) is 16.8. The maximum Gasteiger partial charge on any atom is 0.244 e. The van der Waals surface area contributed by atoms with Crippen LogP contribution in [0.15, 0.2) is 109 Å². The number of amides is 2. The Balaban J connectivity index is 1.68. The highest BCUT2D eigenvalue weighted by atomic mass is 32.2. The van der Waals surface area contributed by atoms with Gasteiger partial charge in [0.2, 0.25) is 21.8 Å². The van der Waals surface area contributed by atoms with Crippen LogP contribution in [0.5, 0.6) is 11.5 Å². The summed E-state index contributed by atoms with van der Waals surface area (Å²) in [6.07, 6.45) is 1.34. The quantitative estimate of drug-likeness (QED) is 0.186. The summed E-state index contributed by atoms with van der Waals surface area (Å²) in [5.74, 6) is 0.598. The number of carbonyl (C=O) groups excluding carboxylic acids is 2. The highest BCUT2D eigenvalue weighted by Crippen LogP contribution is 2.26. The van der Waals surface area contributed by atoms with Gasteiger partial charge in [-0.2, -0.15) is 0 Å². The Morgan fingerprint density at radius 2 is 1.38 bits per heavy atom. The molecule has 0 saturated carbocycles. The Bertz CT molecular complexity index is 1660. The van der Waals surface area contributed by atoms with E-state index in [-0.39, 0.29) is 24.8 Å². The average Bonchev–Trinajstić information content (AvgIpc) is 3.02. The van der Waals surface area contributed by atoms with Crippen LogP contribution < -0.4 is 14.4 Å². The first-order chi connectivity index (χ1) is 21.5. The van der Waals surface area contributed by atoms with Crippen molar-refractivity contribution in [3.63, 3.8) is 0 Å². The zero-order valence-corrected chi connectivity index (χ0v) is 27.0. The summed E-state index contributed by atoms with van der Waals surface area (Å²) in [5.41, 5.74) is 3.03. The number of sulfonamides is 1. The van der Waals surface area contributed by atoms with Crippen molar-refractivity contribution < 1.29 is 22.7 Å². The maximum atomic E-state index is 14.3. The van der Waals surface area contributed by atoms with Crippen molar-refractivity contribution in [1.29, 1.82) is 0 Å². The molecule has 4 rings (SSSR count). The standard InChI is InChI=1S/C36H41N3O5S/c1-27(2)24-37-36(41)34(23-29-14-7-5-8-15-29)38(25-30-16-12-11-13-28(30)3)35(40)26-39(45(4,42)43)31-19-21-33(22-20-31)44-32-17-9-6-10-18-32/h5-22,27,34H,23-26H2,1-4H3,(H,37,41)/t34-/m0/s1. The molecule has 4 aromatic carbocycles. The van der Waals surface area contributed by atoms with Crippen LogP contribution in [0, 0.1) is 12.8 Å². The van der Waals surface area contributed by atoms with E-state index in [1.165, 1.54) is 4.90 Å². The molecule has 0 heterocycles. The molecule has 0 radical (unpaired) electrons. The fraction of sp³-hybridized carbons (Fsp3) is 0.278. The van der Waals surface area contributed by atoms with Gasteiger partial charge in [0, 0.05) is 19.5 Å². The van der Waals surface area contributed by atoms with Gasteiger partial charge in [0.1, 0.15) is 24.1 Å². The van der Waals surface area contributed by atoms with Gasteiger partial charge in [0.25, 0.3) is 0 Å². The first-order valence-electron chi connectivity index (χ1n) is 15.0. The van der Waals surface area contributed by atoms with Gasteiger partial charge in [0.05, 0.1) is 11.9 Å². The number of ether oxygens (including phenoxy) is 1. The van der Waals surface area contributed by atoms with Crippen molar-refractivity contribution >= 4 is 27.5 Å². The van der Waals surface area contributed by atoms with Gasteiger partial charge in [-0.05, 0) is 65.9 Å². The molecule has 0 aromatic heterocycles. The van der Waals surface area contributed by atoms with E-state index in [2.05, 4.69) is 5.32 Å². The molecule has 9 heteroatoms. The molecular formula is C36H41N3O5S. The van der Waals surface area contributed by atoms with E-state index in [1.54, 1.807) is 24.3 Å². The number of nitrogens with one attached hydrogen (secondary N) is 1. The molecule has 0 aliphatic rings. The van der Waals surface area contributed by atoms with Gasteiger partial charge in [-0.25, -0.2) is 8.42 Å². The number of para-hydroxylation sites is 1. The van der Waals surface area contributed by atoms with Crippen LogP contribution in [-0.2, 0) is 32.6 Å². The second-order valence-electron chi connectivity index (χ2n) is 11.5. The van der Waals surface area contributed by atoms with Gasteiger partial charge < -0.3 is 15.0 Å². The second kappa shape index (κ2) is 15.4. The van der Waals surface area contributed by atoms with Gasteiger partial charge in [-0.3, -0.25) is 13.9 Å². The first kappa shape index (κ1) is 33.3. The van der Waals surface area contributed by atoms with Crippen LogP contribution in [0.4, 0.5) is 5.69 Å².